The topological polar surface area (TPSA) is 49.8 Å². The minimum absolute atomic E-state index is 0.0347. The van der Waals surface area contributed by atoms with E-state index in [4.69, 9.17) is 9.84 Å². The Morgan fingerprint density at radius 1 is 1.41 bits per heavy atom. The largest absolute Gasteiger partial charge is 0.466 e. The van der Waals surface area contributed by atoms with Crippen LogP contribution in [0.5, 0.6) is 0 Å². The van der Waals surface area contributed by atoms with E-state index in [2.05, 4.69) is 4.90 Å². The van der Waals surface area contributed by atoms with Gasteiger partial charge in [-0.1, -0.05) is 0 Å². The predicted molar refractivity (Wildman–Crippen MR) is 66.7 cm³/mol. The van der Waals surface area contributed by atoms with Crippen LogP contribution in [0.3, 0.4) is 0 Å². The van der Waals surface area contributed by atoms with Gasteiger partial charge in [0.25, 0.3) is 0 Å². The smallest absolute Gasteiger partial charge is 0.310 e. The fourth-order valence-corrected chi connectivity index (χ4v) is 2.34. The van der Waals surface area contributed by atoms with Crippen LogP contribution in [0.4, 0.5) is 0 Å². The highest BCUT2D eigenvalue weighted by atomic mass is 16.5. The van der Waals surface area contributed by atoms with Crippen LogP contribution < -0.4 is 0 Å². The third kappa shape index (κ3) is 5.50. The van der Waals surface area contributed by atoms with E-state index in [0.717, 1.165) is 51.7 Å². The normalized spacial score (nSPS) is 21.4. The van der Waals surface area contributed by atoms with E-state index in [0.29, 0.717) is 6.61 Å². The van der Waals surface area contributed by atoms with Crippen LogP contribution in [0.15, 0.2) is 0 Å². The Balaban J connectivity index is 2.21. The zero-order valence-electron chi connectivity index (χ0n) is 10.9. The average molecular weight is 243 g/mol. The van der Waals surface area contributed by atoms with Crippen molar-refractivity contribution in [1.82, 2.24) is 4.90 Å². The number of hydrogen-bond acceptors (Lipinski definition) is 4. The molecule has 0 saturated carbocycles. The summed E-state index contributed by atoms with van der Waals surface area (Å²) in [6, 6.07) is 0. The standard InChI is InChI=1S/C13H25NO3/c1-2-17-13(16)12-7-6-9-14(11-12)8-4-3-5-10-15/h12,15H,2-11H2,1H3/t12-/m1/s1. The van der Waals surface area contributed by atoms with Crippen LogP contribution in [-0.2, 0) is 9.53 Å². The molecule has 0 unspecified atom stereocenters. The Labute approximate surface area is 104 Å². The maximum absolute atomic E-state index is 11.6. The molecule has 1 fully saturated rings. The van der Waals surface area contributed by atoms with Crippen molar-refractivity contribution in [3.8, 4) is 0 Å². The van der Waals surface area contributed by atoms with Gasteiger partial charge in [0.05, 0.1) is 12.5 Å². The van der Waals surface area contributed by atoms with Gasteiger partial charge in [-0.3, -0.25) is 4.79 Å². The first-order chi connectivity index (χ1) is 8.27. The highest BCUT2D eigenvalue weighted by molar-refractivity contribution is 5.72. The van der Waals surface area contributed by atoms with Crippen molar-refractivity contribution in [2.24, 2.45) is 5.92 Å². The summed E-state index contributed by atoms with van der Waals surface area (Å²) in [4.78, 5) is 14.0. The fraction of sp³-hybridized carbons (Fsp3) is 0.923. The summed E-state index contributed by atoms with van der Waals surface area (Å²) in [5.41, 5.74) is 0. The first-order valence-electron chi connectivity index (χ1n) is 6.77. The van der Waals surface area contributed by atoms with E-state index < -0.39 is 0 Å². The summed E-state index contributed by atoms with van der Waals surface area (Å²) in [5.74, 6) is 0.0362. The molecule has 4 heteroatoms. The van der Waals surface area contributed by atoms with Crippen LogP contribution in [-0.4, -0.2) is 48.8 Å². The maximum atomic E-state index is 11.6. The molecular formula is C13H25NO3. The maximum Gasteiger partial charge on any atom is 0.310 e. The molecule has 1 atom stereocenters. The van der Waals surface area contributed by atoms with Gasteiger partial charge in [0.1, 0.15) is 0 Å². The van der Waals surface area contributed by atoms with Crippen molar-refractivity contribution in [2.45, 2.75) is 39.0 Å². The van der Waals surface area contributed by atoms with Crippen LogP contribution >= 0.6 is 0 Å². The molecule has 1 heterocycles. The lowest BCUT2D eigenvalue weighted by molar-refractivity contribution is -0.149. The molecule has 0 aromatic rings. The summed E-state index contributed by atoms with van der Waals surface area (Å²) in [5, 5.41) is 8.70. The Kier molecular flexibility index (Phi) is 7.21. The molecule has 17 heavy (non-hydrogen) atoms. The number of piperidine rings is 1. The van der Waals surface area contributed by atoms with E-state index in [-0.39, 0.29) is 18.5 Å². The second-order valence-corrected chi connectivity index (χ2v) is 4.68. The zero-order chi connectivity index (χ0) is 12.5. The van der Waals surface area contributed by atoms with E-state index in [9.17, 15) is 4.79 Å². The number of aliphatic hydroxyl groups excluding tert-OH is 1. The third-order valence-electron chi connectivity index (χ3n) is 3.26. The summed E-state index contributed by atoms with van der Waals surface area (Å²) in [6.07, 6.45) is 5.11. The number of hydrogen-bond donors (Lipinski definition) is 1. The van der Waals surface area contributed by atoms with Gasteiger partial charge in [0, 0.05) is 13.2 Å². The first kappa shape index (κ1) is 14.5. The van der Waals surface area contributed by atoms with Crippen molar-refractivity contribution in [3.63, 3.8) is 0 Å². The fourth-order valence-electron chi connectivity index (χ4n) is 2.34. The van der Waals surface area contributed by atoms with Gasteiger partial charge in [-0.05, 0) is 52.1 Å². The van der Waals surface area contributed by atoms with Gasteiger partial charge in [-0.2, -0.15) is 0 Å². The average Bonchev–Trinajstić information content (AvgIpc) is 2.35. The molecule has 1 saturated heterocycles. The molecule has 1 aliphatic rings. The molecule has 0 amide bonds. The molecule has 100 valence electrons. The lowest BCUT2D eigenvalue weighted by Gasteiger charge is -2.31. The molecule has 0 aromatic heterocycles. The highest BCUT2D eigenvalue weighted by Crippen LogP contribution is 2.18. The summed E-state index contributed by atoms with van der Waals surface area (Å²) >= 11 is 0. The monoisotopic (exact) mass is 243 g/mol. The zero-order valence-corrected chi connectivity index (χ0v) is 10.9. The van der Waals surface area contributed by atoms with Gasteiger partial charge in [0.2, 0.25) is 0 Å². The van der Waals surface area contributed by atoms with E-state index in [1.165, 1.54) is 0 Å². The quantitative estimate of drug-likeness (QED) is 0.543. The van der Waals surface area contributed by atoms with Crippen LogP contribution in [0.1, 0.15) is 39.0 Å². The van der Waals surface area contributed by atoms with Crippen molar-refractivity contribution in [3.05, 3.63) is 0 Å². The SMILES string of the molecule is CCOC(=O)[C@@H]1CCCN(CCCCCO)C1. The van der Waals surface area contributed by atoms with Crippen LogP contribution in [0.25, 0.3) is 0 Å². The lowest BCUT2D eigenvalue weighted by Crippen LogP contribution is -2.39. The molecule has 1 rings (SSSR count). The Morgan fingerprint density at radius 3 is 2.94 bits per heavy atom. The number of unbranched alkanes of at least 4 members (excludes halogenated alkanes) is 2. The Morgan fingerprint density at radius 2 is 2.24 bits per heavy atom. The van der Waals surface area contributed by atoms with E-state index in [1.54, 1.807) is 0 Å². The molecule has 0 bridgehead atoms. The molecule has 1 N–H and O–H groups in total. The summed E-state index contributed by atoms with van der Waals surface area (Å²) < 4.78 is 5.07. The van der Waals surface area contributed by atoms with Crippen LogP contribution in [0, 0.1) is 5.92 Å². The molecular weight excluding hydrogens is 218 g/mol. The Hall–Kier alpha value is -0.610. The Bertz CT molecular complexity index is 221. The molecule has 0 radical (unpaired) electrons. The predicted octanol–water partition coefficient (Wildman–Crippen LogP) is 1.42. The van der Waals surface area contributed by atoms with Gasteiger partial charge in [-0.15, -0.1) is 0 Å². The number of esters is 1. The third-order valence-corrected chi connectivity index (χ3v) is 3.26. The second kappa shape index (κ2) is 8.48. The van der Waals surface area contributed by atoms with Crippen molar-refractivity contribution >= 4 is 5.97 Å². The minimum atomic E-state index is -0.0347. The number of carbonyl (C=O) groups excluding carboxylic acids is 1. The van der Waals surface area contributed by atoms with Gasteiger partial charge >= 0.3 is 5.97 Å². The van der Waals surface area contributed by atoms with E-state index in [1.807, 2.05) is 6.92 Å². The highest BCUT2D eigenvalue weighted by Gasteiger charge is 2.26. The molecule has 0 aliphatic carbocycles. The van der Waals surface area contributed by atoms with Crippen molar-refractivity contribution in [1.29, 1.82) is 0 Å². The van der Waals surface area contributed by atoms with Crippen molar-refractivity contribution < 1.29 is 14.6 Å². The number of carbonyl (C=O) groups is 1. The number of aliphatic hydroxyl groups is 1. The van der Waals surface area contributed by atoms with E-state index >= 15 is 0 Å². The van der Waals surface area contributed by atoms with Crippen molar-refractivity contribution in [2.75, 3.05) is 32.8 Å². The first-order valence-corrected chi connectivity index (χ1v) is 6.77. The molecule has 4 nitrogen and oxygen atoms in total. The second-order valence-electron chi connectivity index (χ2n) is 4.68. The van der Waals surface area contributed by atoms with Gasteiger partial charge in [0.15, 0.2) is 0 Å². The number of likely N-dealkylation sites (tertiary alicyclic amines) is 1. The van der Waals surface area contributed by atoms with Gasteiger partial charge < -0.3 is 14.7 Å². The molecule has 1 aliphatic heterocycles. The van der Waals surface area contributed by atoms with Gasteiger partial charge in [-0.25, -0.2) is 0 Å². The molecule has 0 aromatic carbocycles. The lowest BCUT2D eigenvalue weighted by atomic mass is 9.98. The molecule has 0 spiro atoms. The number of ether oxygens (including phenoxy) is 1. The number of rotatable bonds is 7. The van der Waals surface area contributed by atoms with Crippen LogP contribution in [0.2, 0.25) is 0 Å². The number of nitrogens with zero attached hydrogens (tertiary/aromatic N) is 1. The summed E-state index contributed by atoms with van der Waals surface area (Å²) in [7, 11) is 0. The summed E-state index contributed by atoms with van der Waals surface area (Å²) in [6.45, 7) is 5.59. The minimum Gasteiger partial charge on any atom is -0.466 e.